The molecule has 2 aromatic carbocycles. The van der Waals surface area contributed by atoms with E-state index in [1.807, 2.05) is 30.3 Å². The fourth-order valence-electron chi connectivity index (χ4n) is 3.39. The van der Waals surface area contributed by atoms with Gasteiger partial charge in [0.15, 0.2) is 0 Å². The highest BCUT2D eigenvalue weighted by molar-refractivity contribution is 5.63. The summed E-state index contributed by atoms with van der Waals surface area (Å²) in [6.07, 6.45) is 1.40. The summed E-state index contributed by atoms with van der Waals surface area (Å²) in [4.78, 5) is 2.43. The van der Waals surface area contributed by atoms with Crippen LogP contribution in [-0.2, 0) is 19.5 Å². The average Bonchev–Trinajstić information content (AvgIpc) is 3.13. The van der Waals surface area contributed by atoms with Gasteiger partial charge in [-0.3, -0.25) is 4.90 Å². The molecule has 0 saturated heterocycles. The molecule has 1 aliphatic rings. The molecule has 0 unspecified atom stereocenters. The van der Waals surface area contributed by atoms with Gasteiger partial charge in [0.1, 0.15) is 11.5 Å². The second-order valence-corrected chi connectivity index (χ2v) is 6.73. The van der Waals surface area contributed by atoms with Crippen LogP contribution in [0.25, 0.3) is 11.3 Å². The minimum absolute atomic E-state index is 0.107. The minimum Gasteiger partial charge on any atom is -0.395 e. The second-order valence-electron chi connectivity index (χ2n) is 6.73. The van der Waals surface area contributed by atoms with Crippen LogP contribution in [0.3, 0.4) is 0 Å². The molecule has 0 atom stereocenters. The van der Waals surface area contributed by atoms with Crippen molar-refractivity contribution in [3.8, 4) is 23.1 Å². The first kappa shape index (κ1) is 17.5. The van der Waals surface area contributed by atoms with Crippen LogP contribution in [0, 0.1) is 11.8 Å². The largest absolute Gasteiger partial charge is 0.395 e. The molecule has 0 aliphatic carbocycles. The summed E-state index contributed by atoms with van der Waals surface area (Å²) in [6, 6.07) is 18.6. The number of benzene rings is 2. The van der Waals surface area contributed by atoms with Crippen molar-refractivity contribution in [3.05, 3.63) is 77.0 Å². The number of hydrogen-bond acceptors (Lipinski definition) is 4. The van der Waals surface area contributed by atoms with Crippen molar-refractivity contribution >= 4 is 0 Å². The molecule has 4 heteroatoms. The van der Waals surface area contributed by atoms with Crippen molar-refractivity contribution in [2.24, 2.45) is 0 Å². The SMILES string of the molecule is OCCC#Cc1ccc(CN2CCc3onc(-c4ccccc4)c3C2)cc1. The van der Waals surface area contributed by atoms with Crippen molar-refractivity contribution in [1.29, 1.82) is 0 Å². The van der Waals surface area contributed by atoms with Crippen molar-refractivity contribution in [2.75, 3.05) is 13.2 Å². The number of nitrogens with zero attached hydrogens (tertiary/aromatic N) is 2. The molecule has 4 nitrogen and oxygen atoms in total. The standard InChI is InChI=1S/C23H22N2O2/c26-15-5-4-6-18-9-11-19(12-10-18)16-25-14-13-22-21(17-25)23(24-27-22)20-7-2-1-3-8-20/h1-3,7-12,26H,5,13-17H2. The zero-order valence-electron chi connectivity index (χ0n) is 15.2. The van der Waals surface area contributed by atoms with Gasteiger partial charge >= 0.3 is 0 Å². The molecule has 136 valence electrons. The third-order valence-corrected chi connectivity index (χ3v) is 4.78. The molecular formula is C23H22N2O2. The first-order valence-electron chi connectivity index (χ1n) is 9.27. The van der Waals surface area contributed by atoms with Crippen LogP contribution in [-0.4, -0.2) is 28.3 Å². The number of aliphatic hydroxyl groups excluding tert-OH is 1. The average molecular weight is 358 g/mol. The van der Waals surface area contributed by atoms with E-state index < -0.39 is 0 Å². The normalized spacial score (nSPS) is 13.7. The first-order chi connectivity index (χ1) is 13.3. The van der Waals surface area contributed by atoms with Crippen molar-refractivity contribution in [3.63, 3.8) is 0 Å². The molecular weight excluding hydrogens is 336 g/mol. The third-order valence-electron chi connectivity index (χ3n) is 4.78. The Morgan fingerprint density at radius 1 is 1.07 bits per heavy atom. The topological polar surface area (TPSA) is 49.5 Å². The van der Waals surface area contributed by atoms with Crippen LogP contribution >= 0.6 is 0 Å². The van der Waals surface area contributed by atoms with Crippen LogP contribution in [0.4, 0.5) is 0 Å². The molecule has 4 rings (SSSR count). The van der Waals surface area contributed by atoms with E-state index in [9.17, 15) is 0 Å². The molecule has 27 heavy (non-hydrogen) atoms. The number of hydrogen-bond donors (Lipinski definition) is 1. The highest BCUT2D eigenvalue weighted by Crippen LogP contribution is 2.30. The van der Waals surface area contributed by atoms with E-state index >= 15 is 0 Å². The number of fused-ring (bicyclic) bond motifs is 1. The van der Waals surface area contributed by atoms with Crippen molar-refractivity contribution in [1.82, 2.24) is 10.1 Å². The van der Waals surface area contributed by atoms with Gasteiger partial charge in [0.25, 0.3) is 0 Å². The molecule has 1 aliphatic heterocycles. The molecule has 0 spiro atoms. The summed E-state index contributed by atoms with van der Waals surface area (Å²) in [7, 11) is 0. The Balaban J connectivity index is 1.46. The van der Waals surface area contributed by atoms with Gasteiger partial charge in [0.2, 0.25) is 0 Å². The zero-order valence-corrected chi connectivity index (χ0v) is 15.2. The van der Waals surface area contributed by atoms with Gasteiger partial charge in [-0.05, 0) is 17.7 Å². The lowest BCUT2D eigenvalue weighted by molar-refractivity contribution is 0.228. The summed E-state index contributed by atoms with van der Waals surface area (Å²) < 4.78 is 5.59. The lowest BCUT2D eigenvalue weighted by Gasteiger charge is -2.26. The van der Waals surface area contributed by atoms with Crippen molar-refractivity contribution in [2.45, 2.75) is 25.9 Å². The van der Waals surface area contributed by atoms with E-state index in [2.05, 4.69) is 46.2 Å². The Morgan fingerprint density at radius 3 is 2.67 bits per heavy atom. The molecule has 0 radical (unpaired) electrons. The van der Waals surface area contributed by atoms with E-state index in [4.69, 9.17) is 9.63 Å². The summed E-state index contributed by atoms with van der Waals surface area (Å²) in [5, 5.41) is 13.1. The monoisotopic (exact) mass is 358 g/mol. The number of rotatable bonds is 4. The first-order valence-corrected chi connectivity index (χ1v) is 9.27. The summed E-state index contributed by atoms with van der Waals surface area (Å²) >= 11 is 0. The van der Waals surface area contributed by atoms with Gasteiger partial charge in [0, 0.05) is 49.2 Å². The summed E-state index contributed by atoms with van der Waals surface area (Å²) in [6.45, 7) is 2.81. The van der Waals surface area contributed by atoms with Gasteiger partial charge < -0.3 is 9.63 Å². The highest BCUT2D eigenvalue weighted by Gasteiger charge is 2.24. The van der Waals surface area contributed by atoms with Crippen LogP contribution in [0.15, 0.2) is 59.1 Å². The maximum atomic E-state index is 8.80. The summed E-state index contributed by atoms with van der Waals surface area (Å²) in [5.41, 5.74) is 5.53. The predicted octanol–water partition coefficient (Wildman–Crippen LogP) is 3.63. The van der Waals surface area contributed by atoms with Gasteiger partial charge in [-0.2, -0.15) is 0 Å². The van der Waals surface area contributed by atoms with Crippen LogP contribution in [0.5, 0.6) is 0 Å². The quantitative estimate of drug-likeness (QED) is 0.724. The smallest absolute Gasteiger partial charge is 0.143 e. The highest BCUT2D eigenvalue weighted by atomic mass is 16.5. The van der Waals surface area contributed by atoms with Gasteiger partial charge in [0.05, 0.1) is 6.61 Å². The predicted molar refractivity (Wildman–Crippen MR) is 105 cm³/mol. The van der Waals surface area contributed by atoms with E-state index in [0.717, 1.165) is 48.6 Å². The Morgan fingerprint density at radius 2 is 1.89 bits per heavy atom. The molecule has 0 bridgehead atoms. The fraction of sp³-hybridized carbons (Fsp3) is 0.261. The molecule has 0 amide bonds. The molecule has 3 aromatic rings. The van der Waals surface area contributed by atoms with E-state index in [-0.39, 0.29) is 6.61 Å². The molecule has 1 N–H and O–H groups in total. The van der Waals surface area contributed by atoms with E-state index in [1.165, 1.54) is 11.1 Å². The Kier molecular flexibility index (Phi) is 5.34. The Hall–Kier alpha value is -2.87. The summed E-state index contributed by atoms with van der Waals surface area (Å²) in [5.74, 6) is 7.04. The molecule has 0 fully saturated rings. The number of aromatic nitrogens is 1. The minimum atomic E-state index is 0.107. The Labute approximate surface area is 159 Å². The maximum Gasteiger partial charge on any atom is 0.143 e. The molecule has 2 heterocycles. The molecule has 0 saturated carbocycles. The second kappa shape index (κ2) is 8.22. The number of aliphatic hydroxyl groups is 1. The van der Waals surface area contributed by atoms with Crippen molar-refractivity contribution < 1.29 is 9.63 Å². The van der Waals surface area contributed by atoms with Crippen LogP contribution in [0.2, 0.25) is 0 Å². The molecule has 1 aromatic heterocycles. The maximum absolute atomic E-state index is 8.80. The van der Waals surface area contributed by atoms with Gasteiger partial charge in [-0.15, -0.1) is 0 Å². The lowest BCUT2D eigenvalue weighted by atomic mass is 10.0. The zero-order chi connectivity index (χ0) is 18.5. The van der Waals surface area contributed by atoms with E-state index in [0.29, 0.717) is 6.42 Å². The van der Waals surface area contributed by atoms with Crippen LogP contribution in [0.1, 0.15) is 28.9 Å². The van der Waals surface area contributed by atoms with E-state index in [1.54, 1.807) is 0 Å². The fourth-order valence-corrected chi connectivity index (χ4v) is 3.39. The Bertz CT molecular complexity index is 950. The lowest BCUT2D eigenvalue weighted by Crippen LogP contribution is -2.29. The third kappa shape index (κ3) is 4.11. The van der Waals surface area contributed by atoms with Gasteiger partial charge in [-0.1, -0.05) is 59.5 Å². The van der Waals surface area contributed by atoms with Crippen LogP contribution < -0.4 is 0 Å². The van der Waals surface area contributed by atoms with Gasteiger partial charge in [-0.25, -0.2) is 0 Å².